The van der Waals surface area contributed by atoms with Gasteiger partial charge in [-0.15, -0.1) is 11.6 Å². The molecule has 1 unspecified atom stereocenters. The molecule has 3 heterocycles. The van der Waals surface area contributed by atoms with E-state index in [9.17, 15) is 0 Å². The van der Waals surface area contributed by atoms with E-state index in [4.69, 9.17) is 11.6 Å². The Kier molecular flexibility index (Phi) is 2.44. The standard InChI is InChI=1S/C11H13ClN4/c12-8-9-2-1-6-15(9)10-4-7-16-11(14-10)3-5-13-16/h3-5,7,9H,1-2,6,8H2. The molecule has 0 spiro atoms. The Morgan fingerprint density at radius 1 is 1.44 bits per heavy atom. The Hall–Kier alpha value is -1.29. The van der Waals surface area contributed by atoms with E-state index < -0.39 is 0 Å². The number of nitrogens with zero attached hydrogens (tertiary/aromatic N) is 4. The summed E-state index contributed by atoms with van der Waals surface area (Å²) in [6.07, 6.45) is 6.07. The van der Waals surface area contributed by atoms with Crippen LogP contribution in [0.25, 0.3) is 5.65 Å². The molecule has 0 N–H and O–H groups in total. The van der Waals surface area contributed by atoms with Crippen LogP contribution in [0.5, 0.6) is 0 Å². The quantitative estimate of drug-likeness (QED) is 0.748. The van der Waals surface area contributed by atoms with E-state index in [1.165, 1.54) is 6.42 Å². The Labute approximate surface area is 98.8 Å². The number of aromatic nitrogens is 3. The van der Waals surface area contributed by atoms with Crippen LogP contribution in [0.15, 0.2) is 24.5 Å². The summed E-state index contributed by atoms with van der Waals surface area (Å²) in [6, 6.07) is 4.35. The van der Waals surface area contributed by atoms with E-state index in [-0.39, 0.29) is 0 Å². The van der Waals surface area contributed by atoms with Gasteiger partial charge in [0.15, 0.2) is 5.65 Å². The van der Waals surface area contributed by atoms with Crippen molar-refractivity contribution in [2.45, 2.75) is 18.9 Å². The molecule has 1 aliphatic heterocycles. The highest BCUT2D eigenvalue weighted by Gasteiger charge is 2.24. The van der Waals surface area contributed by atoms with Gasteiger partial charge in [-0.1, -0.05) is 0 Å². The van der Waals surface area contributed by atoms with Gasteiger partial charge in [-0.25, -0.2) is 9.50 Å². The van der Waals surface area contributed by atoms with Gasteiger partial charge in [0.2, 0.25) is 0 Å². The molecule has 1 fully saturated rings. The number of halogens is 1. The molecule has 0 aliphatic carbocycles. The highest BCUT2D eigenvalue weighted by molar-refractivity contribution is 6.18. The second-order valence-electron chi connectivity index (χ2n) is 4.06. The second kappa shape index (κ2) is 3.94. The summed E-state index contributed by atoms with van der Waals surface area (Å²) in [5.41, 5.74) is 0.887. The van der Waals surface area contributed by atoms with E-state index >= 15 is 0 Å². The molecule has 3 rings (SSSR count). The molecule has 0 bridgehead atoms. The first-order valence-corrected chi connectivity index (χ1v) is 6.05. The van der Waals surface area contributed by atoms with Crippen LogP contribution >= 0.6 is 11.6 Å². The largest absolute Gasteiger partial charge is 0.352 e. The van der Waals surface area contributed by atoms with Crippen molar-refractivity contribution in [3.63, 3.8) is 0 Å². The molecule has 1 atom stereocenters. The van der Waals surface area contributed by atoms with Crippen LogP contribution in [0, 0.1) is 0 Å². The van der Waals surface area contributed by atoms with Gasteiger partial charge in [0.25, 0.3) is 0 Å². The van der Waals surface area contributed by atoms with E-state index in [0.717, 1.165) is 24.4 Å². The minimum absolute atomic E-state index is 0.430. The molecule has 4 nitrogen and oxygen atoms in total. The van der Waals surface area contributed by atoms with Gasteiger partial charge in [-0.2, -0.15) is 5.10 Å². The Morgan fingerprint density at radius 2 is 2.38 bits per heavy atom. The van der Waals surface area contributed by atoms with E-state index in [1.807, 2.05) is 18.3 Å². The molecule has 1 saturated heterocycles. The van der Waals surface area contributed by atoms with Crippen molar-refractivity contribution >= 4 is 23.1 Å². The van der Waals surface area contributed by atoms with Crippen LogP contribution < -0.4 is 4.90 Å². The lowest BCUT2D eigenvalue weighted by atomic mass is 10.2. The molecule has 0 aromatic carbocycles. The molecule has 84 valence electrons. The fraction of sp³-hybridized carbons (Fsp3) is 0.455. The minimum atomic E-state index is 0.430. The van der Waals surface area contributed by atoms with Crippen molar-refractivity contribution in [2.75, 3.05) is 17.3 Å². The number of anilines is 1. The Bertz CT molecular complexity index is 495. The number of hydrogen-bond acceptors (Lipinski definition) is 3. The molecule has 0 saturated carbocycles. The monoisotopic (exact) mass is 236 g/mol. The van der Waals surface area contributed by atoms with Gasteiger partial charge in [-0.3, -0.25) is 0 Å². The topological polar surface area (TPSA) is 33.4 Å². The maximum atomic E-state index is 5.96. The first-order valence-electron chi connectivity index (χ1n) is 5.51. The van der Waals surface area contributed by atoms with Crippen molar-refractivity contribution < 1.29 is 0 Å². The van der Waals surface area contributed by atoms with Crippen LogP contribution in [-0.4, -0.2) is 33.1 Å². The summed E-state index contributed by atoms with van der Waals surface area (Å²) in [6.45, 7) is 1.05. The molecule has 5 heteroatoms. The van der Waals surface area contributed by atoms with Crippen LogP contribution in [-0.2, 0) is 0 Å². The lowest BCUT2D eigenvalue weighted by Gasteiger charge is -2.23. The Morgan fingerprint density at radius 3 is 3.25 bits per heavy atom. The average Bonchev–Trinajstić information content (AvgIpc) is 2.96. The van der Waals surface area contributed by atoms with Crippen LogP contribution in [0.3, 0.4) is 0 Å². The zero-order chi connectivity index (χ0) is 11.0. The van der Waals surface area contributed by atoms with Crippen molar-refractivity contribution in [2.24, 2.45) is 0 Å². The number of fused-ring (bicyclic) bond motifs is 1. The fourth-order valence-electron chi connectivity index (χ4n) is 2.26. The smallest absolute Gasteiger partial charge is 0.157 e. The molecular formula is C11H13ClN4. The highest BCUT2D eigenvalue weighted by Crippen LogP contribution is 2.24. The summed E-state index contributed by atoms with van der Waals surface area (Å²) in [5, 5.41) is 4.14. The normalized spacial score (nSPS) is 20.8. The Balaban J connectivity index is 1.98. The number of rotatable bonds is 2. The maximum Gasteiger partial charge on any atom is 0.157 e. The zero-order valence-electron chi connectivity index (χ0n) is 8.88. The molecule has 2 aromatic heterocycles. The summed E-state index contributed by atoms with van der Waals surface area (Å²) in [4.78, 5) is 6.87. The molecule has 1 aliphatic rings. The molecule has 0 amide bonds. The molecule has 16 heavy (non-hydrogen) atoms. The van der Waals surface area contributed by atoms with E-state index in [0.29, 0.717) is 11.9 Å². The van der Waals surface area contributed by atoms with Gasteiger partial charge in [0.1, 0.15) is 5.82 Å². The lowest BCUT2D eigenvalue weighted by Crippen LogP contribution is -2.31. The summed E-state index contributed by atoms with van der Waals surface area (Å²) < 4.78 is 1.77. The number of alkyl halides is 1. The van der Waals surface area contributed by atoms with Crippen LogP contribution in [0.4, 0.5) is 5.82 Å². The number of hydrogen-bond donors (Lipinski definition) is 0. The second-order valence-corrected chi connectivity index (χ2v) is 4.37. The zero-order valence-corrected chi connectivity index (χ0v) is 9.64. The first kappa shape index (κ1) is 9.90. The summed E-state index contributed by atoms with van der Waals surface area (Å²) in [5.74, 6) is 1.68. The summed E-state index contributed by atoms with van der Waals surface area (Å²) >= 11 is 5.96. The predicted octanol–water partition coefficient (Wildman–Crippen LogP) is 1.94. The third kappa shape index (κ3) is 1.53. The van der Waals surface area contributed by atoms with Gasteiger partial charge in [0.05, 0.1) is 6.20 Å². The third-order valence-electron chi connectivity index (χ3n) is 3.09. The fourth-order valence-corrected chi connectivity index (χ4v) is 2.58. The average molecular weight is 237 g/mol. The summed E-state index contributed by atoms with van der Waals surface area (Å²) in [7, 11) is 0. The molecule has 0 radical (unpaired) electrons. The lowest BCUT2D eigenvalue weighted by molar-refractivity contribution is 0.732. The highest BCUT2D eigenvalue weighted by atomic mass is 35.5. The van der Waals surface area contributed by atoms with E-state index in [2.05, 4.69) is 15.0 Å². The van der Waals surface area contributed by atoms with Gasteiger partial charge < -0.3 is 4.90 Å². The maximum absolute atomic E-state index is 5.96. The van der Waals surface area contributed by atoms with Gasteiger partial charge in [0, 0.05) is 30.7 Å². The van der Waals surface area contributed by atoms with Crippen molar-refractivity contribution in [1.29, 1.82) is 0 Å². The van der Waals surface area contributed by atoms with Crippen molar-refractivity contribution in [3.05, 3.63) is 24.5 Å². The SMILES string of the molecule is ClCC1CCCN1c1ccn2nccc2n1. The van der Waals surface area contributed by atoms with Crippen molar-refractivity contribution in [3.8, 4) is 0 Å². The van der Waals surface area contributed by atoms with Gasteiger partial charge in [-0.05, 0) is 18.9 Å². The van der Waals surface area contributed by atoms with E-state index in [1.54, 1.807) is 10.7 Å². The molecule has 2 aromatic rings. The molecular weight excluding hydrogens is 224 g/mol. The predicted molar refractivity (Wildman–Crippen MR) is 64.1 cm³/mol. The van der Waals surface area contributed by atoms with Crippen molar-refractivity contribution in [1.82, 2.24) is 14.6 Å². The van der Waals surface area contributed by atoms with Crippen LogP contribution in [0.1, 0.15) is 12.8 Å². The minimum Gasteiger partial charge on any atom is -0.352 e. The third-order valence-corrected chi connectivity index (χ3v) is 3.45. The van der Waals surface area contributed by atoms with Gasteiger partial charge >= 0.3 is 0 Å². The first-order chi connectivity index (χ1) is 7.88. The van der Waals surface area contributed by atoms with Crippen LogP contribution in [0.2, 0.25) is 0 Å².